The van der Waals surface area contributed by atoms with Crippen molar-refractivity contribution in [1.82, 2.24) is 0 Å². The van der Waals surface area contributed by atoms with Crippen molar-refractivity contribution in [3.8, 4) is 5.75 Å². The van der Waals surface area contributed by atoms with Crippen LogP contribution >= 0.6 is 0 Å². The van der Waals surface area contributed by atoms with Gasteiger partial charge in [0.15, 0.2) is 0 Å². The van der Waals surface area contributed by atoms with Crippen LogP contribution < -0.4 is 14.5 Å². The molecular weight excluding hydrogens is 498 g/mol. The summed E-state index contributed by atoms with van der Waals surface area (Å²) >= 11 is 0. The molecule has 39 heavy (non-hydrogen) atoms. The van der Waals surface area contributed by atoms with Crippen LogP contribution in [0.15, 0.2) is 115 Å². The summed E-state index contributed by atoms with van der Waals surface area (Å²) in [6.07, 6.45) is 1.45. The number of rotatable bonds is 7. The first-order chi connectivity index (χ1) is 18.9. The number of non-ortho nitro benzene ring substituents is 1. The number of anilines is 2. The molecule has 0 saturated carbocycles. The Morgan fingerprint density at radius 1 is 0.692 bits per heavy atom. The Bertz CT molecular complexity index is 1500. The van der Waals surface area contributed by atoms with Crippen molar-refractivity contribution in [2.75, 3.05) is 9.80 Å². The lowest BCUT2D eigenvalue weighted by Crippen LogP contribution is -2.57. The standard InChI is InChI=1S/C30H21N3O6/c34-28-27(19-21-13-17-26(18-14-21)39-20-22-11-15-25(16-12-22)33(37)38)29(35)32(24-9-5-2-6-10-24)30(36)31(28)23-7-3-1-4-8-23/h1-19H,20H2. The van der Waals surface area contributed by atoms with E-state index >= 15 is 0 Å². The monoisotopic (exact) mass is 519 g/mol. The summed E-state index contributed by atoms with van der Waals surface area (Å²) in [5.74, 6) is -0.910. The minimum Gasteiger partial charge on any atom is -0.489 e. The number of hydrogen-bond donors (Lipinski definition) is 0. The topological polar surface area (TPSA) is 110 Å². The molecule has 1 aliphatic heterocycles. The average Bonchev–Trinajstić information content (AvgIpc) is 2.96. The SMILES string of the molecule is O=C1C(=Cc2ccc(OCc3ccc([N+](=O)[O-])cc3)cc2)C(=O)N(c2ccccc2)C(=O)N1c1ccccc1. The summed E-state index contributed by atoms with van der Waals surface area (Å²) in [5, 5.41) is 10.8. The van der Waals surface area contributed by atoms with Crippen molar-refractivity contribution < 1.29 is 24.0 Å². The molecule has 0 atom stereocenters. The molecule has 0 spiro atoms. The molecule has 0 N–H and O–H groups in total. The maximum absolute atomic E-state index is 13.4. The zero-order valence-electron chi connectivity index (χ0n) is 20.5. The first-order valence-corrected chi connectivity index (χ1v) is 11.9. The fourth-order valence-electron chi connectivity index (χ4n) is 4.05. The number of carbonyl (C=O) groups is 3. The Labute approximate surface area is 223 Å². The third kappa shape index (κ3) is 5.28. The van der Waals surface area contributed by atoms with Gasteiger partial charge >= 0.3 is 6.03 Å². The number of urea groups is 1. The van der Waals surface area contributed by atoms with Crippen LogP contribution in [0.1, 0.15) is 11.1 Å². The molecule has 4 amide bonds. The van der Waals surface area contributed by atoms with E-state index in [9.17, 15) is 24.5 Å². The van der Waals surface area contributed by atoms with Crippen LogP contribution in [-0.2, 0) is 16.2 Å². The van der Waals surface area contributed by atoms with Gasteiger partial charge in [0.1, 0.15) is 17.9 Å². The van der Waals surface area contributed by atoms with E-state index in [1.807, 2.05) is 0 Å². The van der Waals surface area contributed by atoms with Gasteiger partial charge < -0.3 is 4.74 Å². The maximum atomic E-state index is 13.4. The van der Waals surface area contributed by atoms with Gasteiger partial charge in [0.2, 0.25) is 0 Å². The van der Waals surface area contributed by atoms with Crippen molar-refractivity contribution >= 4 is 41.0 Å². The van der Waals surface area contributed by atoms with Crippen LogP contribution in [0.3, 0.4) is 0 Å². The van der Waals surface area contributed by atoms with E-state index in [4.69, 9.17) is 4.74 Å². The summed E-state index contributed by atoms with van der Waals surface area (Å²) in [7, 11) is 0. The van der Waals surface area contributed by atoms with Crippen LogP contribution in [0, 0.1) is 10.1 Å². The fourth-order valence-corrected chi connectivity index (χ4v) is 4.05. The van der Waals surface area contributed by atoms with E-state index < -0.39 is 22.8 Å². The van der Waals surface area contributed by atoms with Gasteiger partial charge in [-0.05, 0) is 65.7 Å². The van der Waals surface area contributed by atoms with Gasteiger partial charge in [-0.25, -0.2) is 14.6 Å². The molecule has 4 aromatic rings. The molecular formula is C30H21N3O6. The lowest BCUT2D eigenvalue weighted by Gasteiger charge is -2.33. The highest BCUT2D eigenvalue weighted by atomic mass is 16.6. The second-order valence-corrected chi connectivity index (χ2v) is 8.57. The quantitative estimate of drug-likeness (QED) is 0.133. The Balaban J connectivity index is 1.40. The summed E-state index contributed by atoms with van der Waals surface area (Å²) in [4.78, 5) is 52.6. The predicted octanol–water partition coefficient (Wildman–Crippen LogP) is 5.76. The highest BCUT2D eigenvalue weighted by Crippen LogP contribution is 2.29. The molecule has 1 aliphatic rings. The molecule has 4 aromatic carbocycles. The second-order valence-electron chi connectivity index (χ2n) is 8.57. The fraction of sp³-hybridized carbons (Fsp3) is 0.0333. The molecule has 5 rings (SSSR count). The zero-order chi connectivity index (χ0) is 27.4. The van der Waals surface area contributed by atoms with Gasteiger partial charge in [-0.15, -0.1) is 0 Å². The summed E-state index contributed by atoms with van der Waals surface area (Å²) in [5.41, 5.74) is 1.86. The predicted molar refractivity (Wildman–Crippen MR) is 145 cm³/mol. The smallest absolute Gasteiger partial charge is 0.343 e. The van der Waals surface area contributed by atoms with E-state index in [0.29, 0.717) is 22.7 Å². The molecule has 0 aliphatic carbocycles. The second kappa shape index (κ2) is 10.8. The number of hydrogen-bond acceptors (Lipinski definition) is 6. The minimum atomic E-state index is -0.755. The van der Waals surface area contributed by atoms with Gasteiger partial charge in [-0.3, -0.25) is 19.7 Å². The third-order valence-electron chi connectivity index (χ3n) is 6.02. The van der Waals surface area contributed by atoms with E-state index in [-0.39, 0.29) is 17.9 Å². The number of imide groups is 2. The molecule has 192 valence electrons. The van der Waals surface area contributed by atoms with Crippen LogP contribution in [0.5, 0.6) is 5.75 Å². The molecule has 9 heteroatoms. The lowest BCUT2D eigenvalue weighted by molar-refractivity contribution is -0.384. The molecule has 0 bridgehead atoms. The summed E-state index contributed by atoms with van der Waals surface area (Å²) < 4.78 is 5.76. The number of nitro benzene ring substituents is 1. The largest absolute Gasteiger partial charge is 0.489 e. The Morgan fingerprint density at radius 2 is 1.21 bits per heavy atom. The first kappa shape index (κ1) is 25.1. The number of nitrogens with zero attached hydrogens (tertiary/aromatic N) is 3. The average molecular weight is 520 g/mol. The van der Waals surface area contributed by atoms with E-state index in [1.54, 1.807) is 97.1 Å². The van der Waals surface area contributed by atoms with Crippen LogP contribution in [0.4, 0.5) is 21.9 Å². The van der Waals surface area contributed by atoms with Gasteiger partial charge in [0.05, 0.1) is 16.3 Å². The highest BCUT2D eigenvalue weighted by molar-refractivity contribution is 6.46. The van der Waals surface area contributed by atoms with E-state index in [1.165, 1.54) is 18.2 Å². The Kier molecular flexibility index (Phi) is 6.96. The number of ether oxygens (including phenoxy) is 1. The number of carbonyl (C=O) groups excluding carboxylic acids is 3. The van der Waals surface area contributed by atoms with Gasteiger partial charge in [-0.1, -0.05) is 48.5 Å². The summed E-state index contributed by atoms with van der Waals surface area (Å²) in [6, 6.07) is 28.9. The molecule has 1 fully saturated rings. The number of para-hydroxylation sites is 2. The van der Waals surface area contributed by atoms with Crippen molar-refractivity contribution in [2.24, 2.45) is 0 Å². The van der Waals surface area contributed by atoms with Crippen molar-refractivity contribution in [3.63, 3.8) is 0 Å². The number of benzene rings is 4. The highest BCUT2D eigenvalue weighted by Gasteiger charge is 2.43. The van der Waals surface area contributed by atoms with Crippen molar-refractivity contribution in [3.05, 3.63) is 136 Å². The molecule has 0 unspecified atom stereocenters. The number of amides is 4. The van der Waals surface area contributed by atoms with Crippen molar-refractivity contribution in [2.45, 2.75) is 6.61 Å². The lowest BCUT2D eigenvalue weighted by atomic mass is 10.0. The minimum absolute atomic E-state index is 0.00121. The van der Waals surface area contributed by atoms with E-state index in [0.717, 1.165) is 15.4 Å². The molecule has 1 saturated heterocycles. The van der Waals surface area contributed by atoms with Crippen LogP contribution in [0.25, 0.3) is 6.08 Å². The maximum Gasteiger partial charge on any atom is 0.343 e. The first-order valence-electron chi connectivity index (χ1n) is 11.9. The van der Waals surface area contributed by atoms with E-state index in [2.05, 4.69) is 0 Å². The normalized spacial score (nSPS) is 13.4. The Hall–Kier alpha value is -5.57. The Morgan fingerprint density at radius 3 is 1.69 bits per heavy atom. The van der Waals surface area contributed by atoms with Gasteiger partial charge in [0, 0.05) is 12.1 Å². The van der Waals surface area contributed by atoms with Crippen LogP contribution in [0.2, 0.25) is 0 Å². The van der Waals surface area contributed by atoms with Crippen LogP contribution in [-0.4, -0.2) is 22.8 Å². The number of nitro groups is 1. The zero-order valence-corrected chi connectivity index (χ0v) is 20.5. The molecule has 0 radical (unpaired) electrons. The molecule has 9 nitrogen and oxygen atoms in total. The summed E-state index contributed by atoms with van der Waals surface area (Å²) in [6.45, 7) is 0.204. The number of barbiturate groups is 1. The van der Waals surface area contributed by atoms with Crippen molar-refractivity contribution in [1.29, 1.82) is 0 Å². The van der Waals surface area contributed by atoms with Gasteiger partial charge in [0.25, 0.3) is 17.5 Å². The molecule has 0 aromatic heterocycles. The third-order valence-corrected chi connectivity index (χ3v) is 6.02. The van der Waals surface area contributed by atoms with Gasteiger partial charge in [-0.2, -0.15) is 0 Å². The molecule has 1 heterocycles.